The van der Waals surface area contributed by atoms with Gasteiger partial charge in [-0.25, -0.2) is 0 Å². The Labute approximate surface area is 131 Å². The van der Waals surface area contributed by atoms with E-state index in [0.29, 0.717) is 0 Å². The van der Waals surface area contributed by atoms with E-state index in [2.05, 4.69) is 0 Å². The number of hydrogen-bond acceptors (Lipinski definition) is 5. The number of rotatable bonds is 4. The lowest BCUT2D eigenvalue weighted by molar-refractivity contribution is -0.394. The SMILES string of the molecule is O=[N+]([O-])c1ccc(OC2CCCc3ccccc32)c([N+](=O)[O-])c1. The molecule has 0 heterocycles. The van der Waals surface area contributed by atoms with Crippen LogP contribution in [0.15, 0.2) is 42.5 Å². The van der Waals surface area contributed by atoms with E-state index in [-0.39, 0.29) is 23.2 Å². The van der Waals surface area contributed by atoms with Crippen LogP contribution < -0.4 is 4.74 Å². The van der Waals surface area contributed by atoms with Crippen molar-refractivity contribution in [3.8, 4) is 5.75 Å². The molecule has 7 nitrogen and oxygen atoms in total. The third-order valence-corrected chi connectivity index (χ3v) is 3.93. The summed E-state index contributed by atoms with van der Waals surface area (Å²) in [6.07, 6.45) is 2.37. The number of nitro groups is 2. The van der Waals surface area contributed by atoms with E-state index in [9.17, 15) is 20.2 Å². The molecule has 0 saturated carbocycles. The van der Waals surface area contributed by atoms with E-state index in [1.54, 1.807) is 0 Å². The van der Waals surface area contributed by atoms with Gasteiger partial charge in [0.2, 0.25) is 0 Å². The quantitative estimate of drug-likeness (QED) is 0.628. The van der Waals surface area contributed by atoms with E-state index >= 15 is 0 Å². The molecule has 2 aromatic rings. The molecular formula is C16H14N2O5. The molecule has 23 heavy (non-hydrogen) atoms. The molecule has 0 aromatic heterocycles. The lowest BCUT2D eigenvalue weighted by Crippen LogP contribution is -2.15. The monoisotopic (exact) mass is 314 g/mol. The number of benzene rings is 2. The molecule has 0 amide bonds. The molecule has 1 aliphatic carbocycles. The summed E-state index contributed by atoms with van der Waals surface area (Å²) in [7, 11) is 0. The van der Waals surface area contributed by atoms with Gasteiger partial charge < -0.3 is 4.74 Å². The molecule has 1 aliphatic rings. The summed E-state index contributed by atoms with van der Waals surface area (Å²) in [5.74, 6) is 0.0577. The van der Waals surface area contributed by atoms with Gasteiger partial charge in [0.15, 0.2) is 5.75 Å². The molecule has 1 atom stereocenters. The summed E-state index contributed by atoms with van der Waals surface area (Å²) in [5, 5.41) is 22.0. The van der Waals surface area contributed by atoms with Gasteiger partial charge in [0.1, 0.15) is 6.10 Å². The van der Waals surface area contributed by atoms with Crippen LogP contribution in [0.5, 0.6) is 5.75 Å². The third kappa shape index (κ3) is 2.98. The van der Waals surface area contributed by atoms with Crippen molar-refractivity contribution < 1.29 is 14.6 Å². The maximum atomic E-state index is 11.2. The highest BCUT2D eigenvalue weighted by molar-refractivity contribution is 5.53. The predicted octanol–water partition coefficient (Wildman–Crippen LogP) is 3.96. The molecule has 0 aliphatic heterocycles. The van der Waals surface area contributed by atoms with Gasteiger partial charge in [0, 0.05) is 6.07 Å². The van der Waals surface area contributed by atoms with Crippen molar-refractivity contribution in [2.45, 2.75) is 25.4 Å². The summed E-state index contributed by atoms with van der Waals surface area (Å²) in [4.78, 5) is 20.7. The Morgan fingerprint density at radius 3 is 2.57 bits per heavy atom. The maximum absolute atomic E-state index is 11.2. The predicted molar refractivity (Wildman–Crippen MR) is 82.5 cm³/mol. The van der Waals surface area contributed by atoms with Crippen molar-refractivity contribution in [1.29, 1.82) is 0 Å². The molecule has 7 heteroatoms. The first-order valence-corrected chi connectivity index (χ1v) is 7.23. The number of nitrogens with zero attached hydrogens (tertiary/aromatic N) is 2. The second kappa shape index (κ2) is 6.04. The summed E-state index contributed by atoms with van der Waals surface area (Å²) in [6, 6.07) is 11.3. The minimum Gasteiger partial charge on any atom is -0.479 e. The fraction of sp³-hybridized carbons (Fsp3) is 0.250. The standard InChI is InChI=1S/C16H14N2O5/c19-17(20)12-8-9-16(14(10-12)18(21)22)23-15-7-3-5-11-4-1-2-6-13(11)15/h1-2,4,6,8-10,15H,3,5,7H2. The van der Waals surface area contributed by atoms with Gasteiger partial charge in [0.05, 0.1) is 15.9 Å². The van der Waals surface area contributed by atoms with E-state index < -0.39 is 9.85 Å². The largest absolute Gasteiger partial charge is 0.479 e. The van der Waals surface area contributed by atoms with Crippen molar-refractivity contribution >= 4 is 11.4 Å². The lowest BCUT2D eigenvalue weighted by Gasteiger charge is -2.26. The molecule has 3 rings (SSSR count). The molecule has 0 radical (unpaired) electrons. The molecule has 0 N–H and O–H groups in total. The van der Waals surface area contributed by atoms with Gasteiger partial charge in [-0.2, -0.15) is 0 Å². The van der Waals surface area contributed by atoms with Crippen LogP contribution in [-0.2, 0) is 6.42 Å². The van der Waals surface area contributed by atoms with Crippen LogP contribution in [-0.4, -0.2) is 9.85 Å². The van der Waals surface area contributed by atoms with Gasteiger partial charge in [-0.1, -0.05) is 24.3 Å². The Morgan fingerprint density at radius 1 is 1.04 bits per heavy atom. The zero-order chi connectivity index (χ0) is 16.4. The number of aryl methyl sites for hydroxylation is 1. The molecule has 118 valence electrons. The van der Waals surface area contributed by atoms with Crippen LogP contribution in [0.4, 0.5) is 11.4 Å². The average molecular weight is 314 g/mol. The first-order valence-electron chi connectivity index (χ1n) is 7.23. The molecule has 0 bridgehead atoms. The van der Waals surface area contributed by atoms with Gasteiger partial charge in [0.25, 0.3) is 5.69 Å². The smallest absolute Gasteiger partial charge is 0.317 e. The van der Waals surface area contributed by atoms with Crippen LogP contribution in [0.1, 0.15) is 30.1 Å². The number of fused-ring (bicyclic) bond motifs is 1. The normalized spacial score (nSPS) is 16.4. The van der Waals surface area contributed by atoms with Crippen molar-refractivity contribution in [3.63, 3.8) is 0 Å². The Morgan fingerprint density at radius 2 is 1.83 bits per heavy atom. The maximum Gasteiger partial charge on any atom is 0.317 e. The van der Waals surface area contributed by atoms with Gasteiger partial charge in [-0.3, -0.25) is 20.2 Å². The second-order valence-electron chi connectivity index (χ2n) is 5.36. The van der Waals surface area contributed by atoms with Crippen LogP contribution in [0.2, 0.25) is 0 Å². The van der Waals surface area contributed by atoms with Crippen molar-refractivity contribution in [2.75, 3.05) is 0 Å². The highest BCUT2D eigenvalue weighted by atomic mass is 16.6. The summed E-state index contributed by atoms with van der Waals surface area (Å²) >= 11 is 0. The van der Waals surface area contributed by atoms with Crippen molar-refractivity contribution in [3.05, 3.63) is 73.8 Å². The minimum atomic E-state index is -0.660. The zero-order valence-corrected chi connectivity index (χ0v) is 12.2. The Hall–Kier alpha value is -2.96. The van der Waals surface area contributed by atoms with Crippen LogP contribution in [0, 0.1) is 20.2 Å². The Bertz CT molecular complexity index is 775. The third-order valence-electron chi connectivity index (χ3n) is 3.93. The van der Waals surface area contributed by atoms with Gasteiger partial charge >= 0.3 is 5.69 Å². The first kappa shape index (κ1) is 15.0. The molecule has 0 fully saturated rings. The Balaban J connectivity index is 1.95. The summed E-state index contributed by atoms with van der Waals surface area (Å²) in [6.45, 7) is 0. The van der Waals surface area contributed by atoms with E-state index in [4.69, 9.17) is 4.74 Å². The second-order valence-corrected chi connectivity index (χ2v) is 5.36. The van der Waals surface area contributed by atoms with Crippen LogP contribution in [0.25, 0.3) is 0 Å². The fourth-order valence-electron chi connectivity index (χ4n) is 2.85. The lowest BCUT2D eigenvalue weighted by atomic mass is 9.89. The average Bonchev–Trinajstić information content (AvgIpc) is 2.55. The van der Waals surface area contributed by atoms with Crippen molar-refractivity contribution in [2.24, 2.45) is 0 Å². The molecule has 1 unspecified atom stereocenters. The molecule has 0 saturated heterocycles. The zero-order valence-electron chi connectivity index (χ0n) is 12.2. The van der Waals surface area contributed by atoms with E-state index in [1.165, 1.54) is 17.7 Å². The molecular weight excluding hydrogens is 300 g/mol. The fourth-order valence-corrected chi connectivity index (χ4v) is 2.85. The summed E-state index contributed by atoms with van der Waals surface area (Å²) in [5.41, 5.74) is 1.48. The van der Waals surface area contributed by atoms with E-state index in [1.807, 2.05) is 24.3 Å². The van der Waals surface area contributed by atoms with Crippen molar-refractivity contribution in [1.82, 2.24) is 0 Å². The number of non-ortho nitro benzene ring substituents is 1. The molecule has 0 spiro atoms. The number of nitro benzene ring substituents is 2. The van der Waals surface area contributed by atoms with Crippen LogP contribution >= 0.6 is 0 Å². The first-order chi connectivity index (χ1) is 11.1. The van der Waals surface area contributed by atoms with E-state index in [0.717, 1.165) is 30.9 Å². The highest BCUT2D eigenvalue weighted by Gasteiger charge is 2.26. The number of ether oxygens (including phenoxy) is 1. The van der Waals surface area contributed by atoms with Gasteiger partial charge in [-0.05, 0) is 36.5 Å². The van der Waals surface area contributed by atoms with Gasteiger partial charge in [-0.15, -0.1) is 0 Å². The highest BCUT2D eigenvalue weighted by Crippen LogP contribution is 2.38. The number of hydrogen-bond donors (Lipinski definition) is 0. The minimum absolute atomic E-state index is 0.0577. The van der Waals surface area contributed by atoms with Crippen LogP contribution in [0.3, 0.4) is 0 Å². The molecule has 2 aromatic carbocycles. The topological polar surface area (TPSA) is 95.5 Å². The Kier molecular flexibility index (Phi) is 3.92. The summed E-state index contributed by atoms with van der Waals surface area (Å²) < 4.78 is 5.84.